The van der Waals surface area contributed by atoms with Gasteiger partial charge in [-0.2, -0.15) is 0 Å². The van der Waals surface area contributed by atoms with Crippen LogP contribution in [0.1, 0.15) is 74.9 Å². The highest BCUT2D eigenvalue weighted by Crippen LogP contribution is 2.60. The second kappa shape index (κ2) is 13.9. The molecule has 3 aliphatic rings. The Kier molecular flexibility index (Phi) is 7.80. The van der Waals surface area contributed by atoms with Gasteiger partial charge < -0.3 is 18.2 Å². The number of para-hydroxylation sites is 4. The van der Waals surface area contributed by atoms with Crippen molar-refractivity contribution in [3.8, 4) is 44.5 Å². The lowest BCUT2D eigenvalue weighted by molar-refractivity contribution is 0.651. The van der Waals surface area contributed by atoms with Gasteiger partial charge in [0.25, 0.3) is 0 Å². The van der Waals surface area contributed by atoms with E-state index in [0.29, 0.717) is 0 Å². The topological polar surface area (TPSA) is 42.7 Å². The first-order chi connectivity index (χ1) is 35.4. The molecule has 0 saturated carbocycles. The average Bonchev–Trinajstić information content (AvgIpc) is 4.26. The summed E-state index contributed by atoms with van der Waals surface area (Å²) in [5.74, 6) is 0. The second-order valence-electron chi connectivity index (χ2n) is 22.4. The van der Waals surface area contributed by atoms with Crippen molar-refractivity contribution < 1.29 is 13.3 Å². The Balaban J connectivity index is 0.847. The fraction of sp³-hybridized carbons (Fsp3) is 0.130. The Morgan fingerprint density at radius 2 is 0.808 bits per heavy atom. The lowest BCUT2D eigenvalue weighted by atomic mass is 9.79. The quantitative estimate of drug-likeness (QED) is 0.176. The van der Waals surface area contributed by atoms with E-state index in [1.54, 1.807) is 0 Å². The van der Waals surface area contributed by atoms with Crippen LogP contribution in [0.3, 0.4) is 0 Å². The first kappa shape index (κ1) is 41.1. The molecule has 13 aromatic rings. The van der Waals surface area contributed by atoms with Gasteiger partial charge in [0.2, 0.25) is 0 Å². The van der Waals surface area contributed by atoms with Gasteiger partial charge in [0.05, 0.1) is 0 Å². The molecule has 4 nitrogen and oxygen atoms in total. The van der Waals surface area contributed by atoms with Gasteiger partial charge in [0.15, 0.2) is 0 Å². The molecule has 3 aromatic heterocycles. The third-order valence-corrected chi connectivity index (χ3v) is 17.4. The van der Waals surface area contributed by atoms with Crippen LogP contribution in [-0.2, 0) is 16.2 Å². The molecule has 3 heterocycles. The molecule has 0 radical (unpaired) electrons. The van der Waals surface area contributed by atoms with E-state index in [1.165, 1.54) is 82.9 Å². The van der Waals surface area contributed by atoms with Crippen LogP contribution in [0.2, 0.25) is 0 Å². The second-order valence-corrected chi connectivity index (χ2v) is 22.4. The van der Waals surface area contributed by atoms with E-state index >= 15 is 0 Å². The number of hydrogen-bond donors (Lipinski definition) is 0. The van der Waals surface area contributed by atoms with E-state index in [0.717, 1.165) is 77.8 Å². The number of anilines is 3. The molecule has 73 heavy (non-hydrogen) atoms. The SMILES string of the molecule is CC1(C)c2cc(N(c3ccccc3)c3ccc4c(c3)C(C)(C)c3cc(-c5ccc6oc7ccccc7c6c5)c5oc6ccccc6c5c3-4)ccc2-c2cc3c(cc21)-c1c(ccc2oc4ccccc4c12)C3(C)C. The normalized spacial score (nSPS) is 15.3. The average molecular weight is 940 g/mol. The van der Waals surface area contributed by atoms with Crippen molar-refractivity contribution in [2.45, 2.75) is 57.8 Å². The summed E-state index contributed by atoms with van der Waals surface area (Å²) in [4.78, 5) is 2.46. The van der Waals surface area contributed by atoms with E-state index in [9.17, 15) is 0 Å². The van der Waals surface area contributed by atoms with Gasteiger partial charge in [-0.05, 0) is 163 Å². The largest absolute Gasteiger partial charge is 0.456 e. The van der Waals surface area contributed by atoms with Crippen molar-refractivity contribution in [3.05, 3.63) is 221 Å². The summed E-state index contributed by atoms with van der Waals surface area (Å²) in [7, 11) is 0. The van der Waals surface area contributed by atoms with Crippen LogP contribution in [0.25, 0.3) is 110 Å². The van der Waals surface area contributed by atoms with Crippen LogP contribution in [-0.4, -0.2) is 0 Å². The fourth-order valence-electron chi connectivity index (χ4n) is 13.8. The fourth-order valence-corrected chi connectivity index (χ4v) is 13.8. The van der Waals surface area contributed by atoms with Crippen molar-refractivity contribution in [3.63, 3.8) is 0 Å². The number of nitrogens with zero attached hydrogens (tertiary/aromatic N) is 1. The van der Waals surface area contributed by atoms with Crippen molar-refractivity contribution in [1.82, 2.24) is 0 Å². The van der Waals surface area contributed by atoms with Gasteiger partial charge in [-0.15, -0.1) is 0 Å². The van der Waals surface area contributed by atoms with Gasteiger partial charge >= 0.3 is 0 Å². The molecular weight excluding hydrogens is 891 g/mol. The third-order valence-electron chi connectivity index (χ3n) is 17.4. The summed E-state index contributed by atoms with van der Waals surface area (Å²) in [6, 6.07) is 69.0. The Hall–Kier alpha value is -8.60. The van der Waals surface area contributed by atoms with E-state index in [2.05, 4.69) is 222 Å². The van der Waals surface area contributed by atoms with Crippen LogP contribution >= 0.6 is 0 Å². The maximum atomic E-state index is 6.92. The number of rotatable bonds is 4. The molecule has 16 rings (SSSR count). The van der Waals surface area contributed by atoms with Crippen molar-refractivity contribution in [1.29, 1.82) is 0 Å². The van der Waals surface area contributed by atoms with Crippen LogP contribution in [0.5, 0.6) is 0 Å². The smallest absolute Gasteiger partial charge is 0.143 e. The monoisotopic (exact) mass is 939 g/mol. The minimum absolute atomic E-state index is 0.174. The number of hydrogen-bond acceptors (Lipinski definition) is 4. The van der Waals surface area contributed by atoms with Gasteiger partial charge in [-0.25, -0.2) is 0 Å². The molecule has 10 aromatic carbocycles. The van der Waals surface area contributed by atoms with Crippen LogP contribution in [0.15, 0.2) is 201 Å². The molecule has 0 N–H and O–H groups in total. The summed E-state index contributed by atoms with van der Waals surface area (Å²) in [5.41, 5.74) is 26.1. The summed E-state index contributed by atoms with van der Waals surface area (Å²) in [6.07, 6.45) is 0. The molecule has 0 saturated heterocycles. The highest BCUT2D eigenvalue weighted by Gasteiger charge is 2.44. The molecule has 0 amide bonds. The highest BCUT2D eigenvalue weighted by molar-refractivity contribution is 6.20. The Bertz CT molecular complexity index is 4590. The standard InChI is InChI=1S/C69H49NO3/c1-67(2)51-29-31-61-64(45-19-11-14-22-58(45)72-61)63(51)50-37-54-48(36-55(50)67)42-27-25-40(33-52(42)68(54,3)4)70(39-16-8-7-9-17-39)41-26-28-44-53(34-41)69(5,6)56-35-47(66-65(62(44)56)46-20-12-15-23-59(46)73-66)38-24-30-60-49(32-38)43-18-10-13-21-57(43)71-60/h7-37H,1-6H3. The summed E-state index contributed by atoms with van der Waals surface area (Å²) in [6.45, 7) is 14.4. The summed E-state index contributed by atoms with van der Waals surface area (Å²) >= 11 is 0. The molecule has 4 heteroatoms. The van der Waals surface area contributed by atoms with Crippen LogP contribution in [0, 0.1) is 0 Å². The lowest BCUT2D eigenvalue weighted by Crippen LogP contribution is -2.18. The lowest BCUT2D eigenvalue weighted by Gasteiger charge is -2.29. The van der Waals surface area contributed by atoms with Crippen LogP contribution in [0.4, 0.5) is 17.1 Å². The highest BCUT2D eigenvalue weighted by atomic mass is 16.3. The maximum Gasteiger partial charge on any atom is 0.143 e. The Morgan fingerprint density at radius 1 is 0.301 bits per heavy atom. The number of fused-ring (bicyclic) bond motifs is 20. The van der Waals surface area contributed by atoms with Crippen LogP contribution < -0.4 is 4.90 Å². The van der Waals surface area contributed by atoms with E-state index in [1.807, 2.05) is 12.1 Å². The molecule has 0 unspecified atom stereocenters. The van der Waals surface area contributed by atoms with Crippen molar-refractivity contribution in [2.24, 2.45) is 0 Å². The van der Waals surface area contributed by atoms with Gasteiger partial charge in [0.1, 0.15) is 33.5 Å². The van der Waals surface area contributed by atoms with Crippen molar-refractivity contribution in [2.75, 3.05) is 4.90 Å². The first-order valence-corrected chi connectivity index (χ1v) is 25.6. The van der Waals surface area contributed by atoms with E-state index in [-0.39, 0.29) is 16.2 Å². The molecule has 0 aliphatic heterocycles. The maximum absolute atomic E-state index is 6.92. The van der Waals surface area contributed by atoms with Gasteiger partial charge in [0, 0.05) is 71.2 Å². The summed E-state index contributed by atoms with van der Waals surface area (Å²) < 4.78 is 19.7. The predicted molar refractivity (Wildman–Crippen MR) is 301 cm³/mol. The molecule has 0 atom stereocenters. The zero-order chi connectivity index (χ0) is 48.9. The molecular formula is C69H49NO3. The zero-order valence-corrected chi connectivity index (χ0v) is 41.6. The van der Waals surface area contributed by atoms with Crippen molar-refractivity contribution >= 4 is 82.9 Å². The van der Waals surface area contributed by atoms with E-state index < -0.39 is 0 Å². The summed E-state index contributed by atoms with van der Waals surface area (Å²) in [5, 5.41) is 6.92. The van der Waals surface area contributed by atoms with E-state index in [4.69, 9.17) is 13.3 Å². The third kappa shape index (κ3) is 5.30. The molecule has 0 spiro atoms. The first-order valence-electron chi connectivity index (χ1n) is 25.6. The molecule has 3 aliphatic carbocycles. The molecule has 0 fully saturated rings. The van der Waals surface area contributed by atoms with Gasteiger partial charge in [-0.3, -0.25) is 0 Å². The van der Waals surface area contributed by atoms with Gasteiger partial charge in [-0.1, -0.05) is 139 Å². The number of furan rings is 3. The number of benzene rings is 10. The zero-order valence-electron chi connectivity index (χ0n) is 41.6. The predicted octanol–water partition coefficient (Wildman–Crippen LogP) is 19.4. The minimum atomic E-state index is -0.334. The molecule has 348 valence electrons. The minimum Gasteiger partial charge on any atom is -0.456 e. The molecule has 0 bridgehead atoms. The Morgan fingerprint density at radius 3 is 1.56 bits per heavy atom. The Labute approximate surface area is 422 Å².